The number of ether oxygens (including phenoxy) is 2. The summed E-state index contributed by atoms with van der Waals surface area (Å²) in [4.78, 5) is 23.8. The Hall–Kier alpha value is -3.85. The quantitative estimate of drug-likeness (QED) is 0.333. The first-order chi connectivity index (χ1) is 15.8. The third-order valence-corrected chi connectivity index (χ3v) is 4.90. The zero-order valence-electron chi connectivity index (χ0n) is 17.0. The summed E-state index contributed by atoms with van der Waals surface area (Å²) in [5.74, 6) is -2.39. The van der Waals surface area contributed by atoms with Crippen LogP contribution in [0.1, 0.15) is 11.7 Å². The highest BCUT2D eigenvalue weighted by Gasteiger charge is 2.28. The molecule has 0 saturated carbocycles. The molecule has 0 bridgehead atoms. The minimum atomic E-state index is -1.26. The van der Waals surface area contributed by atoms with Crippen molar-refractivity contribution in [3.8, 4) is 11.5 Å². The van der Waals surface area contributed by atoms with Crippen molar-refractivity contribution in [2.75, 3.05) is 5.32 Å². The number of rotatable bonds is 8. The fraction of sp³-hybridized carbons (Fsp3) is 0.0833. The molecule has 0 spiro atoms. The van der Waals surface area contributed by atoms with Gasteiger partial charge in [0, 0.05) is 16.2 Å². The summed E-state index contributed by atoms with van der Waals surface area (Å²) in [6.07, 6.45) is -1.24. The maximum atomic E-state index is 14.1. The summed E-state index contributed by atoms with van der Waals surface area (Å²) in [5.41, 5.74) is 0.590. The van der Waals surface area contributed by atoms with Crippen molar-refractivity contribution in [1.82, 2.24) is 0 Å². The Morgan fingerprint density at radius 2 is 1.73 bits per heavy atom. The first-order valence-corrected chi connectivity index (χ1v) is 10.5. The van der Waals surface area contributed by atoms with E-state index >= 15 is 0 Å². The van der Waals surface area contributed by atoms with E-state index in [1.165, 1.54) is 12.1 Å². The van der Waals surface area contributed by atoms with E-state index in [-0.39, 0.29) is 5.56 Å². The summed E-state index contributed by atoms with van der Waals surface area (Å²) in [5, 5.41) is 21.2. The van der Waals surface area contributed by atoms with Crippen LogP contribution in [-0.2, 0) is 9.53 Å². The van der Waals surface area contributed by atoms with E-state index in [4.69, 9.17) is 14.6 Å². The predicted octanol–water partition coefficient (Wildman–Crippen LogP) is 5.67. The number of amides is 1. The molecule has 3 aromatic rings. The summed E-state index contributed by atoms with van der Waals surface area (Å²) < 4.78 is 26.3. The van der Waals surface area contributed by atoms with E-state index in [0.29, 0.717) is 11.4 Å². The summed E-state index contributed by atoms with van der Waals surface area (Å²) in [6.45, 7) is 0. The molecule has 9 heteroatoms. The monoisotopic (exact) mass is 515 g/mol. The van der Waals surface area contributed by atoms with E-state index in [0.717, 1.165) is 22.7 Å². The predicted molar refractivity (Wildman–Crippen MR) is 123 cm³/mol. The molecule has 0 aromatic heterocycles. The number of nitrogens with one attached hydrogen (secondary N) is 1. The lowest BCUT2D eigenvalue weighted by molar-refractivity contribution is -0.131. The number of phenolic OH excluding ortho intramolecular Hbond substituents is 1. The molecule has 0 aliphatic heterocycles. The van der Waals surface area contributed by atoms with Crippen molar-refractivity contribution in [2.24, 2.45) is 0 Å². The van der Waals surface area contributed by atoms with Crippen LogP contribution >= 0.6 is 15.9 Å². The van der Waals surface area contributed by atoms with Gasteiger partial charge in [-0.3, -0.25) is 5.32 Å². The number of halogens is 2. The van der Waals surface area contributed by atoms with E-state index in [2.05, 4.69) is 21.2 Å². The van der Waals surface area contributed by atoms with Gasteiger partial charge >= 0.3 is 12.1 Å². The zero-order valence-corrected chi connectivity index (χ0v) is 18.6. The van der Waals surface area contributed by atoms with Crippen LogP contribution in [0.3, 0.4) is 0 Å². The lowest BCUT2D eigenvalue weighted by Gasteiger charge is -2.26. The van der Waals surface area contributed by atoms with Crippen molar-refractivity contribution in [2.45, 2.75) is 12.2 Å². The molecule has 2 atom stereocenters. The number of carbonyl (C=O) groups is 2. The molecule has 0 saturated heterocycles. The van der Waals surface area contributed by atoms with Crippen LogP contribution in [0.25, 0.3) is 0 Å². The van der Waals surface area contributed by atoms with Gasteiger partial charge in [-0.1, -0.05) is 40.2 Å². The van der Waals surface area contributed by atoms with Gasteiger partial charge in [-0.25, -0.2) is 14.0 Å². The van der Waals surface area contributed by atoms with Crippen LogP contribution in [0.5, 0.6) is 11.5 Å². The first-order valence-electron chi connectivity index (χ1n) is 9.66. The number of carbonyl (C=O) groups excluding carboxylic acids is 1. The topological polar surface area (TPSA) is 105 Å². The minimum Gasteiger partial charge on any atom is -0.505 e. The number of carboxylic acid groups (broad SMARTS) is 1. The third-order valence-electron chi connectivity index (χ3n) is 4.37. The first kappa shape index (κ1) is 23.8. The van der Waals surface area contributed by atoms with Crippen molar-refractivity contribution >= 4 is 33.7 Å². The largest absolute Gasteiger partial charge is 0.505 e. The second-order valence-electron chi connectivity index (χ2n) is 6.76. The van der Waals surface area contributed by atoms with Crippen LogP contribution < -0.4 is 10.1 Å². The Morgan fingerprint density at radius 3 is 2.36 bits per heavy atom. The lowest BCUT2D eigenvalue weighted by Crippen LogP contribution is -2.30. The van der Waals surface area contributed by atoms with Crippen molar-refractivity contribution in [3.05, 3.63) is 101 Å². The van der Waals surface area contributed by atoms with Crippen molar-refractivity contribution < 1.29 is 33.7 Å². The number of anilines is 1. The number of para-hydroxylation sites is 1. The third kappa shape index (κ3) is 7.08. The van der Waals surface area contributed by atoms with Crippen LogP contribution in [0.4, 0.5) is 14.9 Å². The molecule has 1 amide bonds. The van der Waals surface area contributed by atoms with Crippen molar-refractivity contribution in [3.63, 3.8) is 0 Å². The second kappa shape index (κ2) is 11.1. The Labute approximate surface area is 197 Å². The van der Waals surface area contributed by atoms with Gasteiger partial charge in [0.05, 0.1) is 0 Å². The minimum absolute atomic E-state index is 0.146. The van der Waals surface area contributed by atoms with Gasteiger partial charge in [0.1, 0.15) is 5.75 Å². The molecule has 0 unspecified atom stereocenters. The fourth-order valence-electron chi connectivity index (χ4n) is 2.86. The molecule has 3 aromatic carbocycles. The van der Waals surface area contributed by atoms with E-state index < -0.39 is 35.8 Å². The van der Waals surface area contributed by atoms with Gasteiger partial charge < -0.3 is 19.7 Å². The fourth-order valence-corrected chi connectivity index (χ4v) is 3.12. The SMILES string of the molecule is O=C(O)/C=C/[C@@H](Oc1ccccc1)[C@H](OC(=O)Nc1ccc(Br)cc1)c1ccc(O)c(F)c1. The Bertz CT molecular complexity index is 1140. The second-order valence-corrected chi connectivity index (χ2v) is 7.68. The zero-order chi connectivity index (χ0) is 23.8. The summed E-state index contributed by atoms with van der Waals surface area (Å²) in [6, 6.07) is 18.6. The Balaban J connectivity index is 1.94. The van der Waals surface area contributed by atoms with Gasteiger partial charge in [-0.15, -0.1) is 0 Å². The summed E-state index contributed by atoms with van der Waals surface area (Å²) >= 11 is 3.30. The highest BCUT2D eigenvalue weighted by Crippen LogP contribution is 2.30. The van der Waals surface area contributed by atoms with Gasteiger partial charge in [0.15, 0.2) is 23.8 Å². The highest BCUT2D eigenvalue weighted by molar-refractivity contribution is 9.10. The average Bonchev–Trinajstić information content (AvgIpc) is 2.79. The molecule has 0 fully saturated rings. The molecule has 33 heavy (non-hydrogen) atoms. The van der Waals surface area contributed by atoms with Gasteiger partial charge in [0.25, 0.3) is 0 Å². The average molecular weight is 516 g/mol. The molecule has 170 valence electrons. The Kier molecular flexibility index (Phi) is 8.04. The number of hydrogen-bond donors (Lipinski definition) is 3. The van der Waals surface area contributed by atoms with Crippen LogP contribution in [0.15, 0.2) is 89.4 Å². The normalized spacial score (nSPS) is 12.7. The van der Waals surface area contributed by atoms with Gasteiger partial charge in [0.2, 0.25) is 0 Å². The van der Waals surface area contributed by atoms with Gasteiger partial charge in [-0.05, 0) is 60.2 Å². The van der Waals surface area contributed by atoms with Crippen molar-refractivity contribution in [1.29, 1.82) is 0 Å². The summed E-state index contributed by atoms with van der Waals surface area (Å²) in [7, 11) is 0. The van der Waals surface area contributed by atoms with Crippen LogP contribution in [0, 0.1) is 5.82 Å². The maximum absolute atomic E-state index is 14.1. The molecule has 0 radical (unpaired) electrons. The number of aliphatic carboxylic acids is 1. The molecule has 0 aliphatic rings. The number of phenols is 1. The molecule has 7 nitrogen and oxygen atoms in total. The van der Waals surface area contributed by atoms with Gasteiger partial charge in [-0.2, -0.15) is 0 Å². The number of carboxylic acids is 1. The highest BCUT2D eigenvalue weighted by atomic mass is 79.9. The Morgan fingerprint density at radius 1 is 1.03 bits per heavy atom. The molecule has 3 N–H and O–H groups in total. The molecular formula is C24H19BrFNO6. The molecular weight excluding hydrogens is 497 g/mol. The maximum Gasteiger partial charge on any atom is 0.412 e. The molecule has 0 heterocycles. The number of hydrogen-bond acceptors (Lipinski definition) is 5. The van der Waals surface area contributed by atoms with E-state index in [9.17, 15) is 19.1 Å². The number of benzene rings is 3. The van der Waals surface area contributed by atoms with E-state index in [1.54, 1.807) is 54.6 Å². The number of aromatic hydroxyl groups is 1. The van der Waals surface area contributed by atoms with E-state index in [1.807, 2.05) is 0 Å². The lowest BCUT2D eigenvalue weighted by atomic mass is 10.0. The molecule has 3 rings (SSSR count). The van der Waals surface area contributed by atoms with Crippen LogP contribution in [-0.4, -0.2) is 28.4 Å². The standard InChI is InChI=1S/C24H19BrFNO6/c25-16-7-9-17(10-8-16)27-24(31)33-23(15-6-11-20(28)19(26)14-15)21(12-13-22(29)30)32-18-4-2-1-3-5-18/h1-14,21,23,28H,(H,27,31)(H,29,30)/b13-12+/t21-,23-/m1/s1. The molecule has 0 aliphatic carbocycles. The van der Waals surface area contributed by atoms with Crippen LogP contribution in [0.2, 0.25) is 0 Å². The smallest absolute Gasteiger partial charge is 0.412 e.